The van der Waals surface area contributed by atoms with Gasteiger partial charge >= 0.3 is 0 Å². The van der Waals surface area contributed by atoms with E-state index in [9.17, 15) is 14.4 Å². The van der Waals surface area contributed by atoms with Crippen molar-refractivity contribution in [3.8, 4) is 0 Å². The molecule has 0 spiro atoms. The van der Waals surface area contributed by atoms with E-state index in [2.05, 4.69) is 17.6 Å². The van der Waals surface area contributed by atoms with E-state index in [1.165, 1.54) is 11.3 Å². The van der Waals surface area contributed by atoms with Gasteiger partial charge in [-0.1, -0.05) is 33.1 Å². The second-order valence-corrected chi connectivity index (χ2v) is 9.74. The zero-order valence-corrected chi connectivity index (χ0v) is 18.4. The first kappa shape index (κ1) is 22.0. The summed E-state index contributed by atoms with van der Waals surface area (Å²) in [6.07, 6.45) is 6.29. The Morgan fingerprint density at radius 2 is 2.07 bits per heavy atom. The van der Waals surface area contributed by atoms with Crippen LogP contribution in [0.3, 0.4) is 0 Å². The molecule has 1 unspecified atom stereocenters. The van der Waals surface area contributed by atoms with Crippen molar-refractivity contribution in [2.24, 2.45) is 5.41 Å². The molecular weight excluding hydrogens is 388 g/mol. The van der Waals surface area contributed by atoms with Crippen LogP contribution >= 0.6 is 11.3 Å². The molecule has 6 nitrogen and oxygen atoms in total. The minimum atomic E-state index is -0.663. The summed E-state index contributed by atoms with van der Waals surface area (Å²) in [7, 11) is 0. The average Bonchev–Trinajstić information content (AvgIpc) is 3.38. The van der Waals surface area contributed by atoms with E-state index < -0.39 is 12.1 Å². The van der Waals surface area contributed by atoms with Gasteiger partial charge in [-0.25, -0.2) is 0 Å². The minimum Gasteiger partial charge on any atom is -0.368 e. The van der Waals surface area contributed by atoms with Crippen LogP contribution in [0.2, 0.25) is 0 Å². The maximum Gasteiger partial charge on any atom is 0.262 e. The molecule has 3 atom stereocenters. The number of nitrogens with one attached hydrogen (secondary N) is 2. The molecule has 0 aromatic carbocycles. The van der Waals surface area contributed by atoms with E-state index in [0.717, 1.165) is 44.1 Å². The molecule has 160 valence electrons. The van der Waals surface area contributed by atoms with Gasteiger partial charge in [0, 0.05) is 0 Å². The number of aryl methyl sites for hydroxylation is 1. The van der Waals surface area contributed by atoms with E-state index in [1.807, 2.05) is 25.3 Å². The highest BCUT2D eigenvalue weighted by Gasteiger charge is 2.40. The number of thiophene rings is 1. The Hall–Kier alpha value is -1.73. The van der Waals surface area contributed by atoms with E-state index >= 15 is 0 Å². The predicted molar refractivity (Wildman–Crippen MR) is 113 cm³/mol. The SMILES string of the molecule is CCCC1OCC(=O)[C@H]1NC(=O)[C@H](CC1(C)CCCC1)NC(=O)c1cc(C)cs1. The van der Waals surface area contributed by atoms with Gasteiger partial charge in [0.05, 0.1) is 11.0 Å². The lowest BCUT2D eigenvalue weighted by Crippen LogP contribution is -2.54. The standard InChI is InChI=1S/C22H32N2O4S/c1-4-7-17-19(16(25)12-28-17)24-20(26)15(11-22(3)8-5-6-9-22)23-21(27)18-10-14(2)13-29-18/h10,13,15,17,19H,4-9,11-12H2,1-3H3,(H,23,27)(H,24,26)/t15-,17?,19+/m0/s1. The van der Waals surface area contributed by atoms with Crippen molar-refractivity contribution in [2.45, 2.75) is 83.9 Å². The molecule has 2 fully saturated rings. The maximum absolute atomic E-state index is 13.2. The number of rotatable bonds is 8. The average molecular weight is 421 g/mol. The van der Waals surface area contributed by atoms with Crippen LogP contribution in [0, 0.1) is 12.3 Å². The van der Waals surface area contributed by atoms with Gasteiger partial charge in [0.1, 0.15) is 18.7 Å². The van der Waals surface area contributed by atoms with Crippen LogP contribution in [0.25, 0.3) is 0 Å². The first-order valence-corrected chi connectivity index (χ1v) is 11.5. The summed E-state index contributed by atoms with van der Waals surface area (Å²) in [5, 5.41) is 7.76. The molecule has 0 bridgehead atoms. The smallest absolute Gasteiger partial charge is 0.262 e. The molecule has 2 amide bonds. The zero-order valence-electron chi connectivity index (χ0n) is 17.6. The quantitative estimate of drug-likeness (QED) is 0.675. The molecular formula is C22H32N2O4S. The largest absolute Gasteiger partial charge is 0.368 e. The molecule has 2 N–H and O–H groups in total. The first-order chi connectivity index (χ1) is 13.8. The van der Waals surface area contributed by atoms with Crippen molar-refractivity contribution in [2.75, 3.05) is 6.61 Å². The second kappa shape index (κ2) is 9.39. The maximum atomic E-state index is 13.2. The molecule has 3 rings (SSSR count). The molecule has 29 heavy (non-hydrogen) atoms. The summed E-state index contributed by atoms with van der Waals surface area (Å²) in [6.45, 7) is 6.19. The Morgan fingerprint density at radius 3 is 2.69 bits per heavy atom. The third kappa shape index (κ3) is 5.45. The van der Waals surface area contributed by atoms with Crippen LogP contribution in [0.4, 0.5) is 0 Å². The number of carbonyl (C=O) groups is 3. The normalized spacial score (nSPS) is 24.4. The van der Waals surface area contributed by atoms with Gasteiger partial charge < -0.3 is 15.4 Å². The molecule has 1 aromatic rings. The van der Waals surface area contributed by atoms with Crippen LogP contribution in [0.5, 0.6) is 0 Å². The lowest BCUT2D eigenvalue weighted by Gasteiger charge is -2.30. The highest BCUT2D eigenvalue weighted by Crippen LogP contribution is 2.41. The lowest BCUT2D eigenvalue weighted by molar-refractivity contribution is -0.128. The Labute approximate surface area is 176 Å². The van der Waals surface area contributed by atoms with Crippen LogP contribution in [0.1, 0.15) is 74.0 Å². The number of carbonyl (C=O) groups excluding carboxylic acids is 3. The van der Waals surface area contributed by atoms with E-state index in [-0.39, 0.29) is 35.7 Å². The summed E-state index contributed by atoms with van der Waals surface area (Å²) < 4.78 is 5.56. The highest BCUT2D eigenvalue weighted by molar-refractivity contribution is 7.12. The van der Waals surface area contributed by atoms with Crippen molar-refractivity contribution < 1.29 is 19.1 Å². The fourth-order valence-corrected chi connectivity index (χ4v) is 5.26. The molecule has 1 aromatic heterocycles. The number of ether oxygens (including phenoxy) is 1. The third-order valence-electron chi connectivity index (χ3n) is 6.11. The summed E-state index contributed by atoms with van der Waals surface area (Å²) in [5.41, 5.74) is 1.06. The molecule has 1 saturated carbocycles. The number of Topliss-reactive ketones (excluding diaryl/α,β-unsaturated/α-hetero) is 1. The molecule has 1 saturated heterocycles. The number of hydrogen-bond acceptors (Lipinski definition) is 5. The van der Waals surface area contributed by atoms with Crippen LogP contribution in [-0.2, 0) is 14.3 Å². The van der Waals surface area contributed by atoms with Gasteiger partial charge in [0.2, 0.25) is 5.91 Å². The summed E-state index contributed by atoms with van der Waals surface area (Å²) in [5.74, 6) is -0.614. The summed E-state index contributed by atoms with van der Waals surface area (Å²) >= 11 is 1.38. The first-order valence-electron chi connectivity index (χ1n) is 10.6. The Morgan fingerprint density at radius 1 is 1.34 bits per heavy atom. The van der Waals surface area contributed by atoms with E-state index in [4.69, 9.17) is 4.74 Å². The van der Waals surface area contributed by atoms with Gasteiger partial charge in [-0.15, -0.1) is 11.3 Å². The van der Waals surface area contributed by atoms with Crippen molar-refractivity contribution in [1.29, 1.82) is 0 Å². The molecule has 2 heterocycles. The van der Waals surface area contributed by atoms with E-state index in [1.54, 1.807) is 0 Å². The molecule has 1 aliphatic carbocycles. The molecule has 1 aliphatic heterocycles. The Kier molecular flexibility index (Phi) is 7.11. The number of amides is 2. The fraction of sp³-hybridized carbons (Fsp3) is 0.682. The summed E-state index contributed by atoms with van der Waals surface area (Å²) in [6, 6.07) is 0.545. The zero-order chi connectivity index (χ0) is 21.0. The minimum absolute atomic E-state index is 0.0274. The third-order valence-corrected chi connectivity index (χ3v) is 7.16. The van der Waals surface area contributed by atoms with Crippen molar-refractivity contribution >= 4 is 28.9 Å². The van der Waals surface area contributed by atoms with Crippen molar-refractivity contribution in [1.82, 2.24) is 10.6 Å². The number of hydrogen-bond donors (Lipinski definition) is 2. The van der Waals surface area contributed by atoms with Gasteiger partial charge in [-0.05, 0) is 55.0 Å². The van der Waals surface area contributed by atoms with Crippen molar-refractivity contribution in [3.63, 3.8) is 0 Å². The van der Waals surface area contributed by atoms with Crippen LogP contribution < -0.4 is 10.6 Å². The molecule has 7 heteroatoms. The monoisotopic (exact) mass is 420 g/mol. The molecule has 0 radical (unpaired) electrons. The summed E-state index contributed by atoms with van der Waals surface area (Å²) in [4.78, 5) is 38.8. The van der Waals surface area contributed by atoms with E-state index in [0.29, 0.717) is 11.3 Å². The van der Waals surface area contributed by atoms with Gasteiger partial charge in [-0.2, -0.15) is 0 Å². The van der Waals surface area contributed by atoms with Crippen LogP contribution in [-0.4, -0.2) is 42.4 Å². The van der Waals surface area contributed by atoms with Crippen molar-refractivity contribution in [3.05, 3.63) is 21.9 Å². The Bertz CT molecular complexity index is 754. The Balaban J connectivity index is 1.73. The van der Waals surface area contributed by atoms with Gasteiger partial charge in [0.25, 0.3) is 5.91 Å². The topological polar surface area (TPSA) is 84.5 Å². The second-order valence-electron chi connectivity index (χ2n) is 8.83. The van der Waals surface area contributed by atoms with Gasteiger partial charge in [-0.3, -0.25) is 14.4 Å². The fourth-order valence-electron chi connectivity index (χ4n) is 4.46. The molecule has 2 aliphatic rings. The highest BCUT2D eigenvalue weighted by atomic mass is 32.1. The van der Waals surface area contributed by atoms with Gasteiger partial charge in [0.15, 0.2) is 5.78 Å². The predicted octanol–water partition coefficient (Wildman–Crippen LogP) is 3.38. The number of ketones is 1. The lowest BCUT2D eigenvalue weighted by atomic mass is 9.81. The van der Waals surface area contributed by atoms with Crippen LogP contribution in [0.15, 0.2) is 11.4 Å².